The molecule has 0 aromatic carbocycles. The Bertz CT molecular complexity index is 215. The van der Waals surface area contributed by atoms with E-state index in [1.807, 2.05) is 6.92 Å². The number of rotatable bonds is 4. The standard InChI is InChI=1S/C9H17NO3/c1-5-6(2)9(3,8(12)13)7(11)10-4/h6H,5H2,1-4H3,(H,10,11)(H,12,13). The van der Waals surface area contributed by atoms with Crippen LogP contribution in [-0.4, -0.2) is 24.0 Å². The second-order valence-electron chi connectivity index (χ2n) is 3.40. The van der Waals surface area contributed by atoms with Crippen LogP contribution >= 0.6 is 0 Å². The minimum Gasteiger partial charge on any atom is -0.480 e. The maximum absolute atomic E-state index is 11.4. The molecule has 0 spiro atoms. The van der Waals surface area contributed by atoms with E-state index in [9.17, 15) is 9.59 Å². The summed E-state index contributed by atoms with van der Waals surface area (Å²) < 4.78 is 0. The van der Waals surface area contributed by atoms with E-state index >= 15 is 0 Å². The third kappa shape index (κ3) is 1.99. The molecule has 1 amide bonds. The van der Waals surface area contributed by atoms with E-state index in [4.69, 9.17) is 5.11 Å². The van der Waals surface area contributed by atoms with Gasteiger partial charge in [0.05, 0.1) is 0 Å². The first kappa shape index (κ1) is 11.9. The first-order valence-electron chi connectivity index (χ1n) is 4.36. The molecule has 4 nitrogen and oxygen atoms in total. The third-order valence-electron chi connectivity index (χ3n) is 2.74. The molecule has 0 saturated heterocycles. The quantitative estimate of drug-likeness (QED) is 0.642. The maximum atomic E-state index is 11.4. The topological polar surface area (TPSA) is 66.4 Å². The average Bonchev–Trinajstić information content (AvgIpc) is 2.13. The normalized spacial score (nSPS) is 17.2. The lowest BCUT2D eigenvalue weighted by molar-refractivity contribution is -0.158. The Balaban J connectivity index is 4.94. The van der Waals surface area contributed by atoms with Gasteiger partial charge in [-0.2, -0.15) is 0 Å². The Kier molecular flexibility index (Phi) is 3.91. The van der Waals surface area contributed by atoms with Crippen LogP contribution in [0.15, 0.2) is 0 Å². The molecule has 0 aromatic heterocycles. The van der Waals surface area contributed by atoms with Gasteiger partial charge in [-0.3, -0.25) is 9.59 Å². The summed E-state index contributed by atoms with van der Waals surface area (Å²) in [4.78, 5) is 22.3. The van der Waals surface area contributed by atoms with E-state index in [0.717, 1.165) is 0 Å². The van der Waals surface area contributed by atoms with E-state index in [1.54, 1.807) is 6.92 Å². The Labute approximate surface area is 78.3 Å². The summed E-state index contributed by atoms with van der Waals surface area (Å²) in [5.41, 5.74) is -1.32. The number of amides is 1. The van der Waals surface area contributed by atoms with Crippen molar-refractivity contribution in [1.29, 1.82) is 0 Å². The minimum atomic E-state index is -1.32. The minimum absolute atomic E-state index is 0.176. The molecule has 0 rings (SSSR count). The summed E-state index contributed by atoms with van der Waals surface area (Å²) in [5, 5.41) is 11.4. The summed E-state index contributed by atoms with van der Waals surface area (Å²) in [6.07, 6.45) is 0.663. The van der Waals surface area contributed by atoms with Crippen LogP contribution < -0.4 is 5.32 Å². The van der Waals surface area contributed by atoms with Crippen LogP contribution in [0.25, 0.3) is 0 Å². The van der Waals surface area contributed by atoms with Crippen molar-refractivity contribution in [2.75, 3.05) is 7.05 Å². The molecule has 0 radical (unpaired) electrons. The van der Waals surface area contributed by atoms with E-state index in [1.165, 1.54) is 14.0 Å². The number of carboxylic acid groups (broad SMARTS) is 1. The molecule has 2 N–H and O–H groups in total. The highest BCUT2D eigenvalue weighted by atomic mass is 16.4. The average molecular weight is 187 g/mol. The van der Waals surface area contributed by atoms with Gasteiger partial charge in [-0.05, 0) is 12.8 Å². The molecule has 13 heavy (non-hydrogen) atoms. The number of hydrogen-bond acceptors (Lipinski definition) is 2. The number of aliphatic carboxylic acids is 1. The predicted octanol–water partition coefficient (Wildman–Crippen LogP) is 0.869. The van der Waals surface area contributed by atoms with Crippen LogP contribution in [0, 0.1) is 11.3 Å². The largest absolute Gasteiger partial charge is 0.480 e. The zero-order valence-electron chi connectivity index (χ0n) is 8.55. The fourth-order valence-corrected chi connectivity index (χ4v) is 1.20. The molecule has 0 aromatic rings. The first-order chi connectivity index (χ1) is 5.91. The lowest BCUT2D eigenvalue weighted by Crippen LogP contribution is -2.47. The number of hydrogen-bond donors (Lipinski definition) is 2. The molecule has 76 valence electrons. The highest BCUT2D eigenvalue weighted by Gasteiger charge is 2.44. The van der Waals surface area contributed by atoms with Crippen molar-refractivity contribution in [2.45, 2.75) is 27.2 Å². The van der Waals surface area contributed by atoms with E-state index in [2.05, 4.69) is 5.32 Å². The zero-order chi connectivity index (χ0) is 10.6. The lowest BCUT2D eigenvalue weighted by atomic mass is 9.76. The van der Waals surface area contributed by atoms with Crippen molar-refractivity contribution >= 4 is 11.9 Å². The molecule has 0 bridgehead atoms. The molecular weight excluding hydrogens is 170 g/mol. The van der Waals surface area contributed by atoms with Crippen LogP contribution in [0.3, 0.4) is 0 Å². The third-order valence-corrected chi connectivity index (χ3v) is 2.74. The number of carbonyl (C=O) groups excluding carboxylic acids is 1. The summed E-state index contributed by atoms with van der Waals surface area (Å²) in [6, 6.07) is 0. The van der Waals surface area contributed by atoms with Crippen LogP contribution in [0.5, 0.6) is 0 Å². The Hall–Kier alpha value is -1.06. The van der Waals surface area contributed by atoms with Crippen molar-refractivity contribution in [1.82, 2.24) is 5.32 Å². The molecule has 0 fully saturated rings. The molecule has 0 aliphatic rings. The monoisotopic (exact) mass is 187 g/mol. The molecule has 2 atom stereocenters. The van der Waals surface area contributed by atoms with Gasteiger partial charge in [0.25, 0.3) is 0 Å². The van der Waals surface area contributed by atoms with Gasteiger partial charge < -0.3 is 10.4 Å². The van der Waals surface area contributed by atoms with Crippen molar-refractivity contribution in [3.05, 3.63) is 0 Å². The number of carbonyl (C=O) groups is 2. The Morgan fingerprint density at radius 2 is 2.00 bits per heavy atom. The van der Waals surface area contributed by atoms with E-state index in [0.29, 0.717) is 6.42 Å². The molecule has 2 unspecified atom stereocenters. The number of carboxylic acids is 1. The summed E-state index contributed by atoms with van der Waals surface area (Å²) in [6.45, 7) is 5.10. The predicted molar refractivity (Wildman–Crippen MR) is 49.3 cm³/mol. The highest BCUT2D eigenvalue weighted by Crippen LogP contribution is 2.30. The zero-order valence-corrected chi connectivity index (χ0v) is 8.55. The van der Waals surface area contributed by atoms with Gasteiger partial charge in [-0.25, -0.2) is 0 Å². The maximum Gasteiger partial charge on any atom is 0.319 e. The molecule has 0 aliphatic carbocycles. The lowest BCUT2D eigenvalue weighted by Gasteiger charge is -2.28. The van der Waals surface area contributed by atoms with Crippen LogP contribution in [0.4, 0.5) is 0 Å². The SMILES string of the molecule is CCC(C)C(C)(C(=O)O)C(=O)NC. The smallest absolute Gasteiger partial charge is 0.319 e. The summed E-state index contributed by atoms with van der Waals surface area (Å²) in [5.74, 6) is -1.68. The van der Waals surface area contributed by atoms with Gasteiger partial charge in [0.15, 0.2) is 0 Å². The van der Waals surface area contributed by atoms with Gasteiger partial charge in [0.1, 0.15) is 5.41 Å². The van der Waals surface area contributed by atoms with Gasteiger partial charge in [0, 0.05) is 7.05 Å². The molecular formula is C9H17NO3. The van der Waals surface area contributed by atoms with Gasteiger partial charge in [0.2, 0.25) is 5.91 Å². The summed E-state index contributed by atoms with van der Waals surface area (Å²) in [7, 11) is 1.45. The molecule has 0 aliphatic heterocycles. The number of nitrogens with one attached hydrogen (secondary N) is 1. The van der Waals surface area contributed by atoms with E-state index in [-0.39, 0.29) is 5.92 Å². The van der Waals surface area contributed by atoms with Crippen molar-refractivity contribution < 1.29 is 14.7 Å². The van der Waals surface area contributed by atoms with Gasteiger partial charge in [-0.15, -0.1) is 0 Å². The Morgan fingerprint density at radius 1 is 1.54 bits per heavy atom. The molecule has 0 saturated carbocycles. The van der Waals surface area contributed by atoms with Gasteiger partial charge in [-0.1, -0.05) is 20.3 Å². The highest BCUT2D eigenvalue weighted by molar-refractivity contribution is 6.01. The van der Waals surface area contributed by atoms with Crippen molar-refractivity contribution in [2.24, 2.45) is 11.3 Å². The Morgan fingerprint density at radius 3 is 2.23 bits per heavy atom. The second kappa shape index (κ2) is 4.25. The first-order valence-corrected chi connectivity index (χ1v) is 4.36. The molecule has 4 heteroatoms. The summed E-state index contributed by atoms with van der Waals surface area (Å²) >= 11 is 0. The van der Waals surface area contributed by atoms with Gasteiger partial charge >= 0.3 is 5.97 Å². The fourth-order valence-electron chi connectivity index (χ4n) is 1.20. The van der Waals surface area contributed by atoms with Crippen LogP contribution in [0.1, 0.15) is 27.2 Å². The molecule has 0 heterocycles. The van der Waals surface area contributed by atoms with Crippen molar-refractivity contribution in [3.8, 4) is 0 Å². The fraction of sp³-hybridized carbons (Fsp3) is 0.778. The van der Waals surface area contributed by atoms with Crippen LogP contribution in [-0.2, 0) is 9.59 Å². The van der Waals surface area contributed by atoms with E-state index < -0.39 is 17.3 Å². The second-order valence-corrected chi connectivity index (χ2v) is 3.40. The van der Waals surface area contributed by atoms with Crippen molar-refractivity contribution in [3.63, 3.8) is 0 Å². The van der Waals surface area contributed by atoms with Crippen LogP contribution in [0.2, 0.25) is 0 Å².